The Morgan fingerprint density at radius 3 is 2.37 bits per heavy atom. The molecule has 1 aliphatic heterocycles. The third kappa shape index (κ3) is 7.50. The van der Waals surface area contributed by atoms with Crippen molar-refractivity contribution < 1.29 is 31.1 Å². The molecule has 1 aromatic heterocycles. The first kappa shape index (κ1) is 30.4. The van der Waals surface area contributed by atoms with Crippen LogP contribution in [0.5, 0.6) is 0 Å². The topological polar surface area (TPSA) is 84.0 Å². The molecule has 2 aromatic rings. The van der Waals surface area contributed by atoms with Gasteiger partial charge in [0, 0.05) is 52.3 Å². The molecule has 3 rings (SSSR count). The smallest absolute Gasteiger partial charge is 0.381 e. The molecule has 1 saturated heterocycles. The van der Waals surface area contributed by atoms with Gasteiger partial charge in [0.1, 0.15) is 4.90 Å². The maximum Gasteiger partial charge on any atom is 0.416 e. The van der Waals surface area contributed by atoms with Crippen LogP contribution in [0.3, 0.4) is 0 Å². The molecule has 38 heavy (non-hydrogen) atoms. The fraction of sp³-hybridized carbons (Fsp3) is 0.560. The Balaban J connectivity index is 1.94. The number of piperidine rings is 1. The summed E-state index contributed by atoms with van der Waals surface area (Å²) in [7, 11) is -1.60. The monoisotopic (exact) mass is 578 g/mol. The van der Waals surface area contributed by atoms with Crippen LogP contribution in [0.1, 0.15) is 32.3 Å². The van der Waals surface area contributed by atoms with E-state index >= 15 is 0 Å². The average Bonchev–Trinajstić information content (AvgIpc) is 2.87. The minimum absolute atomic E-state index is 0.0576. The van der Waals surface area contributed by atoms with Crippen molar-refractivity contribution in [1.82, 2.24) is 9.29 Å². The van der Waals surface area contributed by atoms with Crippen molar-refractivity contribution in [2.24, 2.45) is 5.92 Å². The first-order chi connectivity index (χ1) is 17.9. The molecule has 0 atom stereocenters. The molecule has 212 valence electrons. The molecule has 1 aliphatic rings. The van der Waals surface area contributed by atoms with Crippen molar-refractivity contribution in [2.45, 2.75) is 50.1 Å². The molecule has 0 saturated carbocycles. The van der Waals surface area contributed by atoms with Gasteiger partial charge in [-0.1, -0.05) is 25.4 Å². The number of sulfonamides is 1. The van der Waals surface area contributed by atoms with Crippen molar-refractivity contribution in [3.63, 3.8) is 0 Å². The molecule has 0 radical (unpaired) electrons. The van der Waals surface area contributed by atoms with Gasteiger partial charge < -0.3 is 19.7 Å². The molecule has 2 heterocycles. The second kappa shape index (κ2) is 12.8. The number of halogens is 4. The second-order valence-corrected chi connectivity index (χ2v) is 11.9. The molecule has 1 fully saturated rings. The quantitative estimate of drug-likeness (QED) is 0.371. The first-order valence-electron chi connectivity index (χ1n) is 12.2. The van der Waals surface area contributed by atoms with Crippen molar-refractivity contribution >= 4 is 33.0 Å². The predicted molar refractivity (Wildman–Crippen MR) is 141 cm³/mol. The number of nitrogens with one attached hydrogen (secondary N) is 1. The SMILES string of the molecule is COC(CN(CC(C)C)S(=O)(=O)c1cc(C(F)(F)F)ccc1N1CCC(Nc2ccncc2Cl)CC1)OC. The lowest BCUT2D eigenvalue weighted by Gasteiger charge is -2.36. The summed E-state index contributed by atoms with van der Waals surface area (Å²) >= 11 is 6.20. The number of rotatable bonds is 11. The van der Waals surface area contributed by atoms with E-state index in [4.69, 9.17) is 21.1 Å². The van der Waals surface area contributed by atoms with Crippen LogP contribution < -0.4 is 10.2 Å². The molecule has 0 unspecified atom stereocenters. The van der Waals surface area contributed by atoms with Crippen LogP contribution in [-0.4, -0.2) is 70.4 Å². The number of pyridine rings is 1. The van der Waals surface area contributed by atoms with Gasteiger partial charge in [-0.05, 0) is 43.0 Å². The van der Waals surface area contributed by atoms with Gasteiger partial charge in [0.25, 0.3) is 0 Å². The van der Waals surface area contributed by atoms with Gasteiger partial charge in [0.05, 0.1) is 28.5 Å². The van der Waals surface area contributed by atoms with E-state index in [2.05, 4.69) is 10.3 Å². The van der Waals surface area contributed by atoms with E-state index in [9.17, 15) is 21.6 Å². The maximum absolute atomic E-state index is 13.9. The number of ether oxygens (including phenoxy) is 2. The molecule has 8 nitrogen and oxygen atoms in total. The zero-order chi connectivity index (χ0) is 28.1. The fourth-order valence-electron chi connectivity index (χ4n) is 4.36. The molecule has 13 heteroatoms. The number of hydrogen-bond donors (Lipinski definition) is 1. The Bertz CT molecular complexity index is 1170. The highest BCUT2D eigenvalue weighted by Crippen LogP contribution is 2.37. The summed E-state index contributed by atoms with van der Waals surface area (Å²) in [5.74, 6) is -0.0878. The number of nitrogens with zero attached hydrogens (tertiary/aromatic N) is 3. The molecule has 0 spiro atoms. The maximum atomic E-state index is 13.9. The molecule has 0 amide bonds. The molecule has 1 N–H and O–H groups in total. The van der Waals surface area contributed by atoms with Crippen LogP contribution in [0.4, 0.5) is 24.5 Å². The van der Waals surface area contributed by atoms with Crippen molar-refractivity contribution in [1.29, 1.82) is 0 Å². The van der Waals surface area contributed by atoms with Gasteiger partial charge in [-0.15, -0.1) is 0 Å². The van der Waals surface area contributed by atoms with Gasteiger partial charge >= 0.3 is 6.18 Å². The van der Waals surface area contributed by atoms with Crippen LogP contribution in [0.2, 0.25) is 5.02 Å². The van der Waals surface area contributed by atoms with E-state index in [1.165, 1.54) is 20.3 Å². The Kier molecular flexibility index (Phi) is 10.3. The summed E-state index contributed by atoms with van der Waals surface area (Å²) in [6.45, 7) is 4.46. The normalized spacial score (nSPS) is 15.6. The van der Waals surface area contributed by atoms with E-state index in [1.54, 1.807) is 18.5 Å². The Morgan fingerprint density at radius 2 is 1.82 bits per heavy atom. The molecular formula is C25H34ClF3N4O4S. The lowest BCUT2D eigenvalue weighted by molar-refractivity contribution is -0.137. The van der Waals surface area contributed by atoms with Gasteiger partial charge in [0.15, 0.2) is 6.29 Å². The van der Waals surface area contributed by atoms with Crippen LogP contribution >= 0.6 is 11.6 Å². The van der Waals surface area contributed by atoms with Crippen LogP contribution in [0, 0.1) is 5.92 Å². The average molecular weight is 579 g/mol. The summed E-state index contributed by atoms with van der Waals surface area (Å²) in [5, 5.41) is 3.86. The number of benzene rings is 1. The number of alkyl halides is 3. The van der Waals surface area contributed by atoms with Gasteiger partial charge in [-0.2, -0.15) is 17.5 Å². The molecule has 0 bridgehead atoms. The van der Waals surface area contributed by atoms with Crippen LogP contribution in [-0.2, 0) is 25.7 Å². The molecular weight excluding hydrogens is 545 g/mol. The molecule has 0 aliphatic carbocycles. The lowest BCUT2D eigenvalue weighted by Crippen LogP contribution is -2.43. The summed E-state index contributed by atoms with van der Waals surface area (Å²) in [6.07, 6.45) is -1.15. The summed E-state index contributed by atoms with van der Waals surface area (Å²) < 4.78 is 80.3. The zero-order valence-electron chi connectivity index (χ0n) is 21.8. The first-order valence-corrected chi connectivity index (χ1v) is 14.1. The summed E-state index contributed by atoms with van der Waals surface area (Å²) in [5.41, 5.74) is -0.0464. The minimum atomic E-state index is -4.70. The van der Waals surface area contributed by atoms with E-state index in [1.807, 2.05) is 18.7 Å². The highest BCUT2D eigenvalue weighted by Gasteiger charge is 2.37. The van der Waals surface area contributed by atoms with E-state index in [0.29, 0.717) is 31.0 Å². The predicted octanol–water partition coefficient (Wildman–Crippen LogP) is 5.10. The number of aromatic nitrogens is 1. The fourth-order valence-corrected chi connectivity index (χ4v) is 6.37. The van der Waals surface area contributed by atoms with Gasteiger partial charge in [-0.25, -0.2) is 8.42 Å². The molecule has 1 aromatic carbocycles. The summed E-state index contributed by atoms with van der Waals surface area (Å²) in [6, 6.07) is 4.73. The van der Waals surface area contributed by atoms with E-state index in [0.717, 1.165) is 22.1 Å². The van der Waals surface area contributed by atoms with E-state index in [-0.39, 0.29) is 35.6 Å². The minimum Gasteiger partial charge on any atom is -0.381 e. The van der Waals surface area contributed by atoms with Crippen LogP contribution in [0.25, 0.3) is 0 Å². The van der Waals surface area contributed by atoms with Crippen molar-refractivity contribution in [3.05, 3.63) is 47.2 Å². The van der Waals surface area contributed by atoms with E-state index < -0.39 is 28.1 Å². The van der Waals surface area contributed by atoms with Crippen LogP contribution in [0.15, 0.2) is 41.6 Å². The Labute approximate surface area is 227 Å². The number of anilines is 2. The third-order valence-electron chi connectivity index (χ3n) is 6.32. The Hall–Kier alpha value is -2.12. The lowest BCUT2D eigenvalue weighted by atomic mass is 10.0. The number of methoxy groups -OCH3 is 2. The summed E-state index contributed by atoms with van der Waals surface area (Å²) in [4.78, 5) is 5.40. The van der Waals surface area contributed by atoms with Crippen molar-refractivity contribution in [2.75, 3.05) is 50.6 Å². The van der Waals surface area contributed by atoms with Gasteiger partial charge in [0.2, 0.25) is 10.0 Å². The van der Waals surface area contributed by atoms with Crippen molar-refractivity contribution in [3.8, 4) is 0 Å². The highest BCUT2D eigenvalue weighted by molar-refractivity contribution is 7.89. The second-order valence-electron chi connectivity index (χ2n) is 9.56. The highest BCUT2D eigenvalue weighted by atomic mass is 35.5. The third-order valence-corrected chi connectivity index (χ3v) is 8.48. The largest absolute Gasteiger partial charge is 0.416 e. The number of hydrogen-bond acceptors (Lipinski definition) is 7. The standard InChI is InChI=1S/C25H34ClF3N4O4S/c1-17(2)15-33(16-24(36-3)37-4)38(34,35)23-13-18(25(27,28)29)5-6-22(23)32-11-8-19(9-12-32)31-21-7-10-30-14-20(21)26/h5-7,10,13-14,17,19,24H,8-9,11-12,15-16H2,1-4H3,(H,30,31). The zero-order valence-corrected chi connectivity index (χ0v) is 23.4. The van der Waals surface area contributed by atoms with Gasteiger partial charge in [-0.3, -0.25) is 4.98 Å². The Morgan fingerprint density at radius 1 is 1.16 bits per heavy atom.